The van der Waals surface area contributed by atoms with E-state index in [2.05, 4.69) is 9.97 Å². The van der Waals surface area contributed by atoms with Crippen LogP contribution in [0.3, 0.4) is 0 Å². The Morgan fingerprint density at radius 3 is 2.37 bits per heavy atom. The Labute approximate surface area is 158 Å². The number of carbonyl (C=O) groups is 1. The first-order valence-corrected chi connectivity index (χ1v) is 8.78. The van der Waals surface area contributed by atoms with E-state index in [1.54, 1.807) is 33.5 Å². The largest absolute Gasteiger partial charge is 0.493 e. The van der Waals surface area contributed by atoms with Crippen molar-refractivity contribution in [2.24, 2.45) is 0 Å². The zero-order valence-electron chi connectivity index (χ0n) is 15.9. The van der Waals surface area contributed by atoms with Gasteiger partial charge in [-0.3, -0.25) is 4.79 Å². The molecule has 0 spiro atoms. The van der Waals surface area contributed by atoms with Gasteiger partial charge in [0.2, 0.25) is 11.9 Å². The maximum absolute atomic E-state index is 12.1. The molecule has 0 atom stereocenters. The molecule has 1 aromatic heterocycles. The van der Waals surface area contributed by atoms with Crippen LogP contribution in [0, 0.1) is 0 Å². The number of ether oxygens (including phenoxy) is 3. The van der Waals surface area contributed by atoms with E-state index in [0.29, 0.717) is 73.4 Å². The Balaban J connectivity index is 1.79. The lowest BCUT2D eigenvalue weighted by Crippen LogP contribution is -2.49. The van der Waals surface area contributed by atoms with Gasteiger partial charge < -0.3 is 29.7 Å². The summed E-state index contributed by atoms with van der Waals surface area (Å²) in [5.41, 5.74) is 6.85. The molecule has 1 aromatic carbocycles. The average molecular weight is 375 g/mol. The van der Waals surface area contributed by atoms with Crippen LogP contribution in [-0.4, -0.2) is 74.9 Å². The van der Waals surface area contributed by atoms with Gasteiger partial charge in [-0.15, -0.1) is 0 Å². The van der Waals surface area contributed by atoms with E-state index in [-0.39, 0.29) is 5.91 Å². The van der Waals surface area contributed by atoms with Crippen molar-refractivity contribution in [3.63, 3.8) is 0 Å². The van der Waals surface area contributed by atoms with Gasteiger partial charge in [-0.2, -0.15) is 4.98 Å². The smallest absolute Gasteiger partial charge is 0.228 e. The normalized spacial score (nSPS) is 14.5. The van der Waals surface area contributed by atoms with E-state index in [9.17, 15) is 4.79 Å². The third kappa shape index (κ3) is 3.97. The number of anilines is 2. The molecule has 1 aliphatic rings. The summed E-state index contributed by atoms with van der Waals surface area (Å²) in [6.07, 6.45) is 0.400. The van der Waals surface area contributed by atoms with Gasteiger partial charge in [0.25, 0.3) is 0 Å². The fourth-order valence-electron chi connectivity index (χ4n) is 3.11. The van der Waals surface area contributed by atoms with Crippen molar-refractivity contribution in [3.05, 3.63) is 12.1 Å². The van der Waals surface area contributed by atoms with Crippen molar-refractivity contribution in [2.75, 3.05) is 64.7 Å². The van der Waals surface area contributed by atoms with Crippen LogP contribution in [0.2, 0.25) is 0 Å². The maximum Gasteiger partial charge on any atom is 0.228 e. The fourth-order valence-corrected chi connectivity index (χ4v) is 3.11. The molecule has 1 amide bonds. The SMILES string of the molecule is COCCC(=O)N1CCN(c2nc(N)c3cc(OC)c(OC)cc3n2)CC1. The molecule has 9 nitrogen and oxygen atoms in total. The summed E-state index contributed by atoms with van der Waals surface area (Å²) in [5, 5.41) is 0.713. The number of benzene rings is 1. The number of fused-ring (bicyclic) bond motifs is 1. The Kier molecular flexibility index (Phi) is 5.80. The Morgan fingerprint density at radius 2 is 1.74 bits per heavy atom. The zero-order chi connectivity index (χ0) is 19.4. The van der Waals surface area contributed by atoms with Gasteiger partial charge in [-0.25, -0.2) is 4.98 Å². The summed E-state index contributed by atoms with van der Waals surface area (Å²) in [7, 11) is 4.74. The van der Waals surface area contributed by atoms with E-state index >= 15 is 0 Å². The van der Waals surface area contributed by atoms with E-state index in [0.717, 1.165) is 0 Å². The van der Waals surface area contributed by atoms with Crippen molar-refractivity contribution in [1.29, 1.82) is 0 Å². The van der Waals surface area contributed by atoms with E-state index in [1.165, 1.54) is 0 Å². The highest BCUT2D eigenvalue weighted by Gasteiger charge is 2.23. The number of nitrogens with zero attached hydrogens (tertiary/aromatic N) is 4. The van der Waals surface area contributed by atoms with Gasteiger partial charge >= 0.3 is 0 Å². The Hall–Kier alpha value is -2.81. The molecule has 9 heteroatoms. The lowest BCUT2D eigenvalue weighted by molar-refractivity contribution is -0.132. The van der Waals surface area contributed by atoms with Gasteiger partial charge in [0.05, 0.1) is 32.8 Å². The van der Waals surface area contributed by atoms with Crippen molar-refractivity contribution in [3.8, 4) is 11.5 Å². The molecule has 0 saturated carbocycles. The Morgan fingerprint density at radius 1 is 1.07 bits per heavy atom. The molecule has 2 aromatic rings. The predicted octanol–water partition coefficient (Wildman–Crippen LogP) is 0.914. The number of methoxy groups -OCH3 is 3. The molecular weight excluding hydrogens is 350 g/mol. The predicted molar refractivity (Wildman–Crippen MR) is 102 cm³/mol. The van der Waals surface area contributed by atoms with Crippen molar-refractivity contribution in [1.82, 2.24) is 14.9 Å². The molecule has 2 heterocycles. The molecule has 0 bridgehead atoms. The molecule has 0 aliphatic carbocycles. The third-order valence-corrected chi connectivity index (χ3v) is 4.65. The second kappa shape index (κ2) is 8.26. The van der Waals surface area contributed by atoms with Gasteiger partial charge in [0, 0.05) is 44.7 Å². The van der Waals surface area contributed by atoms with Crippen LogP contribution in [0.5, 0.6) is 11.5 Å². The first-order chi connectivity index (χ1) is 13.1. The number of nitrogen functional groups attached to an aromatic ring is 1. The van der Waals surface area contributed by atoms with E-state index < -0.39 is 0 Å². The fraction of sp³-hybridized carbons (Fsp3) is 0.500. The van der Waals surface area contributed by atoms with Crippen LogP contribution in [0.15, 0.2) is 12.1 Å². The standard InChI is InChI=1S/C18H25N5O4/c1-25-9-4-16(24)22-5-7-23(8-6-22)18-20-13-11-15(27-3)14(26-2)10-12(13)17(19)21-18/h10-11H,4-9H2,1-3H3,(H2,19,20,21). The monoisotopic (exact) mass is 375 g/mol. The number of hydrogen-bond acceptors (Lipinski definition) is 8. The summed E-state index contributed by atoms with van der Waals surface area (Å²) >= 11 is 0. The minimum atomic E-state index is 0.104. The minimum absolute atomic E-state index is 0.104. The highest BCUT2D eigenvalue weighted by Crippen LogP contribution is 2.34. The molecule has 146 valence electrons. The van der Waals surface area contributed by atoms with Crippen LogP contribution < -0.4 is 20.1 Å². The topological polar surface area (TPSA) is 103 Å². The number of carbonyl (C=O) groups excluding carboxylic acids is 1. The van der Waals surface area contributed by atoms with Crippen LogP contribution in [-0.2, 0) is 9.53 Å². The maximum atomic E-state index is 12.1. The van der Waals surface area contributed by atoms with Gasteiger partial charge in [-0.05, 0) is 6.07 Å². The van der Waals surface area contributed by atoms with E-state index in [1.807, 2.05) is 9.80 Å². The lowest BCUT2D eigenvalue weighted by Gasteiger charge is -2.35. The van der Waals surface area contributed by atoms with Crippen LogP contribution in [0.4, 0.5) is 11.8 Å². The number of rotatable bonds is 6. The molecular formula is C18H25N5O4. The minimum Gasteiger partial charge on any atom is -0.493 e. The lowest BCUT2D eigenvalue weighted by atomic mass is 10.2. The van der Waals surface area contributed by atoms with E-state index in [4.69, 9.17) is 19.9 Å². The number of aromatic nitrogens is 2. The molecule has 1 fully saturated rings. The highest BCUT2D eigenvalue weighted by atomic mass is 16.5. The van der Waals surface area contributed by atoms with Gasteiger partial charge in [0.1, 0.15) is 5.82 Å². The molecule has 1 aliphatic heterocycles. The number of amides is 1. The zero-order valence-corrected chi connectivity index (χ0v) is 15.9. The molecule has 0 radical (unpaired) electrons. The number of piperazine rings is 1. The second-order valence-electron chi connectivity index (χ2n) is 6.24. The van der Waals surface area contributed by atoms with Gasteiger partial charge in [-0.1, -0.05) is 0 Å². The third-order valence-electron chi connectivity index (χ3n) is 4.65. The summed E-state index contributed by atoms with van der Waals surface area (Å²) in [5.74, 6) is 2.21. The summed E-state index contributed by atoms with van der Waals surface area (Å²) in [4.78, 5) is 25.1. The van der Waals surface area contributed by atoms with Crippen molar-refractivity contribution >= 4 is 28.6 Å². The second-order valence-corrected chi connectivity index (χ2v) is 6.24. The summed E-state index contributed by atoms with van der Waals surface area (Å²) in [6.45, 7) is 2.98. The number of nitrogens with two attached hydrogens (primary N) is 1. The summed E-state index contributed by atoms with van der Waals surface area (Å²) in [6, 6.07) is 3.57. The van der Waals surface area contributed by atoms with Crippen molar-refractivity contribution < 1.29 is 19.0 Å². The van der Waals surface area contributed by atoms with Crippen LogP contribution in [0.25, 0.3) is 10.9 Å². The molecule has 1 saturated heterocycles. The van der Waals surface area contributed by atoms with Crippen LogP contribution in [0.1, 0.15) is 6.42 Å². The molecule has 0 unspecified atom stereocenters. The van der Waals surface area contributed by atoms with Crippen LogP contribution >= 0.6 is 0 Å². The van der Waals surface area contributed by atoms with Gasteiger partial charge in [0.15, 0.2) is 11.5 Å². The first kappa shape index (κ1) is 19.0. The highest BCUT2D eigenvalue weighted by molar-refractivity contribution is 5.91. The molecule has 27 heavy (non-hydrogen) atoms. The molecule has 3 rings (SSSR count). The summed E-state index contributed by atoms with van der Waals surface area (Å²) < 4.78 is 15.6. The first-order valence-electron chi connectivity index (χ1n) is 8.78. The Bertz CT molecular complexity index is 821. The quantitative estimate of drug-likeness (QED) is 0.795. The molecule has 2 N–H and O–H groups in total. The number of hydrogen-bond donors (Lipinski definition) is 1. The average Bonchev–Trinajstić information content (AvgIpc) is 2.71. The van der Waals surface area contributed by atoms with Crippen molar-refractivity contribution in [2.45, 2.75) is 6.42 Å².